The van der Waals surface area contributed by atoms with E-state index in [0.717, 1.165) is 29.7 Å². The second-order valence-electron chi connectivity index (χ2n) is 49.4. The molecule has 0 aliphatic rings. The predicted octanol–water partition coefficient (Wildman–Crippen LogP) is 19.1. The average molecular weight is 1790 g/mol. The third kappa shape index (κ3) is 48.6. The maximum absolute atomic E-state index is 13.2. The van der Waals surface area contributed by atoms with Crippen LogP contribution in [0.2, 0.25) is 0 Å². The molecule has 0 spiro atoms. The van der Waals surface area contributed by atoms with Gasteiger partial charge in [0.2, 0.25) is 0 Å². The number of aromatic amines is 2. The molecule has 127 heavy (non-hydrogen) atoms. The van der Waals surface area contributed by atoms with Crippen LogP contribution >= 0.6 is 11.3 Å². The zero-order valence-electron chi connectivity index (χ0n) is 88.5. The first-order valence-electron chi connectivity index (χ1n) is 46.1. The molecule has 0 unspecified atom stereocenters. The van der Waals surface area contributed by atoms with E-state index in [1.54, 1.807) is 23.9 Å². The maximum atomic E-state index is 13.2. The lowest BCUT2D eigenvalue weighted by atomic mass is 9.75. The minimum atomic E-state index is -0.610. The Bertz CT molecular complexity index is 4200. The van der Waals surface area contributed by atoms with E-state index in [-0.39, 0.29) is 153 Å². The first-order chi connectivity index (χ1) is 56.8. The molecule has 0 amide bonds. The minimum Gasteiger partial charge on any atom is -0.361 e. The molecule has 6 rings (SSSR count). The van der Waals surface area contributed by atoms with Gasteiger partial charge in [-0.1, -0.05) is 182 Å². The van der Waals surface area contributed by atoms with Gasteiger partial charge in [-0.25, -0.2) is 9.97 Å². The van der Waals surface area contributed by atoms with Gasteiger partial charge in [0.25, 0.3) is 0 Å². The van der Waals surface area contributed by atoms with E-state index < -0.39 is 5.54 Å². The number of aromatic nitrogens is 5. The highest BCUT2D eigenvalue weighted by Crippen LogP contribution is 2.33. The molecule has 22 nitrogen and oxygen atoms in total. The van der Waals surface area contributed by atoms with Crippen LogP contribution in [0.15, 0.2) is 84.3 Å². The summed E-state index contributed by atoms with van der Waals surface area (Å²) in [5.74, 6) is 1.66. The van der Waals surface area contributed by atoms with Crippen LogP contribution in [0.25, 0.3) is 21.8 Å². The summed E-state index contributed by atoms with van der Waals surface area (Å²) >= 11 is 1.57. The molecular formula is C104H187N15O7S. The Hall–Kier alpha value is -6.35. The highest BCUT2D eigenvalue weighted by atomic mass is 32.1. The maximum Gasteiger partial charge on any atom is 0.158 e. The van der Waals surface area contributed by atoms with Crippen LogP contribution in [0.5, 0.6) is 0 Å². The van der Waals surface area contributed by atoms with Gasteiger partial charge in [0.05, 0.1) is 59.3 Å². The van der Waals surface area contributed by atoms with Crippen LogP contribution in [0.4, 0.5) is 0 Å². The van der Waals surface area contributed by atoms with Crippen molar-refractivity contribution in [2.45, 2.75) is 423 Å². The molecule has 15 N–H and O–H groups in total. The lowest BCUT2D eigenvalue weighted by Crippen LogP contribution is -2.61. The van der Waals surface area contributed by atoms with E-state index >= 15 is 0 Å². The SMILES string of the molecule is CC(C)(C)N[C@@H](CCCN)C(=O)C(C)(C)C.CC(C)(C)N[C@@H](CCN)C(=O)C(C)(C)C.CC(C)(C)N[C@@H](CN)C(=O)C(C)(C)C.CC(C)(C)N[C@@H](Cc1cnc[nH]1)C(=O)C(C)(C)C.CC(C)(C)N[C@@H](Cc1cscn1)C(=O)C(C)(C)C.CC(C)(C)N[C@@](C)(Cc1c[nH]c2ccccc12)C(=O)C(C)(C)C.Cn1cc(C[C@H](NC(C)(C)C)C(=O)C(C)(C)C)c2ccccc21. The highest BCUT2D eigenvalue weighted by molar-refractivity contribution is 7.07. The van der Waals surface area contributed by atoms with E-state index in [4.69, 9.17) is 17.2 Å². The number of para-hydroxylation sites is 2. The summed E-state index contributed by atoms with van der Waals surface area (Å²) < 4.78 is 2.14. The number of thiazole rings is 1. The Morgan fingerprint density at radius 1 is 0.402 bits per heavy atom. The zero-order valence-corrected chi connectivity index (χ0v) is 89.3. The van der Waals surface area contributed by atoms with Crippen molar-refractivity contribution in [3.63, 3.8) is 0 Å². The van der Waals surface area contributed by atoms with Crippen LogP contribution in [0, 0.1) is 37.9 Å². The van der Waals surface area contributed by atoms with E-state index in [2.05, 4.69) is 236 Å². The molecular weight excluding hydrogens is 1600 g/mol. The van der Waals surface area contributed by atoms with Crippen molar-refractivity contribution < 1.29 is 33.6 Å². The van der Waals surface area contributed by atoms with Crippen molar-refractivity contribution in [2.24, 2.45) is 62.2 Å². The summed E-state index contributed by atoms with van der Waals surface area (Å²) in [6, 6.07) is 15.6. The molecule has 6 aromatic rings. The highest BCUT2D eigenvalue weighted by Gasteiger charge is 2.44. The van der Waals surface area contributed by atoms with Crippen molar-refractivity contribution in [3.8, 4) is 0 Å². The lowest BCUT2D eigenvalue weighted by Gasteiger charge is -2.40. The Balaban J connectivity index is 0.00000147. The van der Waals surface area contributed by atoms with Gasteiger partial charge in [0.1, 0.15) is 0 Å². The molecule has 7 atom stereocenters. The van der Waals surface area contributed by atoms with Crippen molar-refractivity contribution in [3.05, 3.63) is 107 Å². The molecule has 726 valence electrons. The normalized spacial score (nSPS) is 14.9. The topological polar surface area (TPSA) is 344 Å². The standard InChI is InChI=1S/2C20H30N2O.C14H25N3O.C14H24N2OS.C13H28N2O.C12H26N2O.C11H24N2O/c1-19(2,3)18(23)16(21-20(4,5)6)12-14-13-22(7)17-11-9-8-10-15(14)17;1-18(2,3)17(23)20(7,22-19(4,5)6)12-14-13-21-16-11-9-8-10-15(14)16;1-13(2,3)12(18)11(17-14(4,5)6)7-10-8-15-9-16-10;1-13(2,3)12(17)11(16-14(4,5)6)7-10-8-18-9-15-10;1-12(2,3)11(16)10(8-7-9-14)15-13(4,5)6;1-11(2,3)10(15)9(7-8-13)14-12(4,5)6;1-10(2,3)9(14)8(7-12)13-11(4,5)6/h8-11,13,16,21H,12H2,1-7H3;8-11,13,21-22H,12H2,1-7H3;8-9,11,17H,7H2,1-6H3,(H,15,16);8-9,11,16H,7H2,1-6H3;10,15H,7-9,14H2,1-6H3;9,14H,7-8,13H2,1-6H3;8,13H,7,12H2,1-6H3/t16-;20-;2*11-;10-;9-;8-/m0000000/s1. The monoisotopic (exact) mass is 1790 g/mol. The second-order valence-corrected chi connectivity index (χ2v) is 50.1. The predicted molar refractivity (Wildman–Crippen MR) is 540 cm³/mol. The number of benzene rings is 2. The van der Waals surface area contributed by atoms with Gasteiger partial charge in [-0.3, -0.25) is 33.6 Å². The lowest BCUT2D eigenvalue weighted by molar-refractivity contribution is -0.133. The van der Waals surface area contributed by atoms with Crippen molar-refractivity contribution in [1.29, 1.82) is 0 Å². The number of ketones is 7. The number of imidazole rings is 1. The van der Waals surface area contributed by atoms with Gasteiger partial charge in [0.15, 0.2) is 40.5 Å². The molecule has 0 fully saturated rings. The number of carbonyl (C=O) groups is 7. The van der Waals surface area contributed by atoms with Gasteiger partial charge in [-0.15, -0.1) is 11.3 Å². The fraction of sp³-hybridized carbons (Fsp3) is 0.721. The summed E-state index contributed by atoms with van der Waals surface area (Å²) in [6.07, 6.45) is 12.7. The smallest absolute Gasteiger partial charge is 0.158 e. The number of nitrogens with two attached hydrogens (primary N) is 3. The van der Waals surface area contributed by atoms with E-state index in [1.165, 1.54) is 27.4 Å². The largest absolute Gasteiger partial charge is 0.361 e. The molecule has 0 aliphatic heterocycles. The number of hydrogen-bond acceptors (Lipinski definition) is 20. The summed E-state index contributed by atoms with van der Waals surface area (Å²) in [5, 5.41) is 28.3. The Labute approximate surface area is 776 Å². The fourth-order valence-corrected chi connectivity index (χ4v) is 15.2. The Kier molecular flexibility index (Phi) is 46.4. The molecule has 4 heterocycles. The van der Waals surface area contributed by atoms with E-state index in [0.29, 0.717) is 51.7 Å². The van der Waals surface area contributed by atoms with Gasteiger partial charge in [-0.2, -0.15) is 0 Å². The summed E-state index contributed by atoms with van der Waals surface area (Å²) in [7, 11) is 2.06. The number of nitrogens with one attached hydrogen (secondary N) is 9. The zero-order chi connectivity index (χ0) is 99.7. The first-order valence-corrected chi connectivity index (χ1v) is 47.1. The third-order valence-corrected chi connectivity index (χ3v) is 20.3. The molecule has 0 saturated heterocycles. The molecule has 0 radical (unpaired) electrons. The number of H-pyrrole nitrogens is 2. The van der Waals surface area contributed by atoms with Crippen molar-refractivity contribution in [1.82, 2.24) is 61.7 Å². The van der Waals surface area contributed by atoms with Crippen LogP contribution in [-0.4, -0.2) is 165 Å². The van der Waals surface area contributed by atoms with Crippen molar-refractivity contribution >= 4 is 73.6 Å². The minimum absolute atomic E-state index is 0.0415. The number of hydrogen-bond donors (Lipinski definition) is 12. The number of Topliss-reactive ketones (excluding diaryl/α,β-unsaturated/α-hetero) is 7. The second kappa shape index (κ2) is 48.9. The molecule has 2 aromatic carbocycles. The number of carbonyl (C=O) groups excluding carboxylic acids is 7. The molecule has 0 aliphatic carbocycles. The Morgan fingerprint density at radius 2 is 0.764 bits per heavy atom. The molecule has 0 saturated carbocycles. The number of rotatable bonds is 28. The Morgan fingerprint density at radius 3 is 1.12 bits per heavy atom. The quantitative estimate of drug-likeness (QED) is 0.0217. The van der Waals surface area contributed by atoms with Crippen LogP contribution in [0.3, 0.4) is 0 Å². The van der Waals surface area contributed by atoms with Gasteiger partial charge < -0.3 is 69.0 Å². The number of aryl methyl sites for hydroxylation is 1. The third-order valence-electron chi connectivity index (χ3n) is 19.7. The first kappa shape index (κ1) is 121. The van der Waals surface area contributed by atoms with Crippen molar-refractivity contribution in [2.75, 3.05) is 19.6 Å². The number of fused-ring (bicyclic) bond motifs is 2. The van der Waals surface area contributed by atoms with Crippen LogP contribution < -0.4 is 54.4 Å². The van der Waals surface area contributed by atoms with Crippen LogP contribution in [-0.2, 0) is 66.3 Å². The summed E-state index contributed by atoms with van der Waals surface area (Å²) in [5.41, 5.74) is 21.6. The van der Waals surface area contributed by atoms with E-state index in [1.807, 2.05) is 202 Å². The number of nitrogens with zero attached hydrogens (tertiary/aromatic N) is 3. The fourth-order valence-electron chi connectivity index (χ4n) is 14.6. The van der Waals surface area contributed by atoms with Gasteiger partial charge in [-0.05, 0) is 221 Å². The van der Waals surface area contributed by atoms with E-state index in [9.17, 15) is 33.6 Å². The molecule has 23 heteroatoms. The van der Waals surface area contributed by atoms with Crippen LogP contribution in [0.1, 0.15) is 339 Å². The molecule has 4 aromatic heterocycles. The summed E-state index contributed by atoms with van der Waals surface area (Å²) in [4.78, 5) is 102. The molecule has 0 bridgehead atoms. The summed E-state index contributed by atoms with van der Waals surface area (Å²) in [6.45, 7) is 88.4. The van der Waals surface area contributed by atoms with Gasteiger partial charge >= 0.3 is 0 Å². The average Bonchev–Trinajstić information content (AvgIpc) is 1.72. The van der Waals surface area contributed by atoms with Gasteiger partial charge in [0, 0.05) is 155 Å².